The standard InChI is InChI=1S/C24H28N4O2S/c25-11-14-30-20-8-4-5-18(15-20)16-22(29)28-12-9-24(10-13-28,19-6-2-1-3-7-19)21-17-31-23(26)27-21/h1-8,15,17H,9-14,16,25H2,(H2,26,27). The minimum absolute atomic E-state index is 0.135. The SMILES string of the molecule is NCCOc1cccc(CC(=O)N2CCC(c3ccccc3)(c3csc(N)n3)CC2)c1. The number of benzene rings is 2. The van der Waals surface area contributed by atoms with Crippen molar-refractivity contribution in [3.63, 3.8) is 0 Å². The van der Waals surface area contributed by atoms with Gasteiger partial charge in [0.1, 0.15) is 12.4 Å². The van der Waals surface area contributed by atoms with E-state index in [9.17, 15) is 4.79 Å². The van der Waals surface area contributed by atoms with Gasteiger partial charge < -0.3 is 21.1 Å². The molecule has 0 spiro atoms. The van der Waals surface area contributed by atoms with Crippen LogP contribution in [0.5, 0.6) is 5.75 Å². The maximum absolute atomic E-state index is 13.0. The lowest BCUT2D eigenvalue weighted by atomic mass is 9.70. The number of rotatable bonds is 7. The second-order valence-corrected chi connectivity index (χ2v) is 8.75. The minimum atomic E-state index is -0.206. The molecule has 1 fully saturated rings. The Hall–Kier alpha value is -2.90. The average Bonchev–Trinajstić information content (AvgIpc) is 3.25. The van der Waals surface area contributed by atoms with Crippen LogP contribution in [0.4, 0.5) is 5.13 Å². The summed E-state index contributed by atoms with van der Waals surface area (Å²) in [6, 6.07) is 18.1. The molecular weight excluding hydrogens is 408 g/mol. The number of hydrogen-bond acceptors (Lipinski definition) is 6. The quantitative estimate of drug-likeness (QED) is 0.593. The minimum Gasteiger partial charge on any atom is -0.492 e. The molecule has 3 aromatic rings. The van der Waals surface area contributed by atoms with E-state index in [1.54, 1.807) is 0 Å². The van der Waals surface area contributed by atoms with Crippen molar-refractivity contribution in [3.05, 3.63) is 76.8 Å². The van der Waals surface area contributed by atoms with Crippen molar-refractivity contribution in [2.75, 3.05) is 32.0 Å². The van der Waals surface area contributed by atoms with Crippen LogP contribution in [-0.4, -0.2) is 42.0 Å². The van der Waals surface area contributed by atoms with Crippen LogP contribution in [0.25, 0.3) is 0 Å². The Kier molecular flexibility index (Phi) is 6.53. The number of piperidine rings is 1. The van der Waals surface area contributed by atoms with Crippen LogP contribution in [-0.2, 0) is 16.6 Å². The number of aromatic nitrogens is 1. The number of carbonyl (C=O) groups excluding carboxylic acids is 1. The molecule has 7 heteroatoms. The summed E-state index contributed by atoms with van der Waals surface area (Å²) >= 11 is 1.47. The highest BCUT2D eigenvalue weighted by Gasteiger charge is 2.40. The van der Waals surface area contributed by atoms with Gasteiger partial charge in [-0.2, -0.15) is 0 Å². The van der Waals surface area contributed by atoms with Gasteiger partial charge in [0.2, 0.25) is 5.91 Å². The summed E-state index contributed by atoms with van der Waals surface area (Å²) in [7, 11) is 0. The van der Waals surface area contributed by atoms with Gasteiger partial charge in [0.05, 0.1) is 12.1 Å². The molecule has 6 nitrogen and oxygen atoms in total. The second kappa shape index (κ2) is 9.49. The van der Waals surface area contributed by atoms with Gasteiger partial charge in [-0.1, -0.05) is 42.5 Å². The normalized spacial score (nSPS) is 15.6. The number of anilines is 1. The Labute approximate surface area is 186 Å². The molecule has 1 aromatic heterocycles. The molecule has 0 saturated carbocycles. The van der Waals surface area contributed by atoms with Crippen LogP contribution < -0.4 is 16.2 Å². The first kappa shape index (κ1) is 21.3. The first-order chi connectivity index (χ1) is 15.1. The monoisotopic (exact) mass is 436 g/mol. The second-order valence-electron chi connectivity index (χ2n) is 7.86. The molecule has 0 unspecified atom stereocenters. The number of hydrogen-bond donors (Lipinski definition) is 2. The van der Waals surface area contributed by atoms with E-state index in [0.717, 1.165) is 29.8 Å². The first-order valence-corrected chi connectivity index (χ1v) is 11.5. The number of nitrogens with two attached hydrogens (primary N) is 2. The van der Waals surface area contributed by atoms with Crippen LogP contribution in [0.3, 0.4) is 0 Å². The van der Waals surface area contributed by atoms with Gasteiger partial charge in [-0.15, -0.1) is 11.3 Å². The van der Waals surface area contributed by atoms with Crippen LogP contribution in [0, 0.1) is 0 Å². The van der Waals surface area contributed by atoms with Gasteiger partial charge in [0, 0.05) is 30.4 Å². The first-order valence-electron chi connectivity index (χ1n) is 10.6. The molecule has 1 aliphatic heterocycles. The lowest BCUT2D eigenvalue weighted by molar-refractivity contribution is -0.131. The third kappa shape index (κ3) is 4.73. The van der Waals surface area contributed by atoms with Crippen molar-refractivity contribution in [3.8, 4) is 5.75 Å². The molecule has 1 aliphatic rings. The van der Waals surface area contributed by atoms with Gasteiger partial charge in [0.25, 0.3) is 0 Å². The van der Waals surface area contributed by atoms with E-state index in [-0.39, 0.29) is 11.3 Å². The largest absolute Gasteiger partial charge is 0.492 e. The van der Waals surface area contributed by atoms with Gasteiger partial charge in [-0.05, 0) is 36.1 Å². The van der Waals surface area contributed by atoms with Crippen LogP contribution in [0.2, 0.25) is 0 Å². The Morgan fingerprint density at radius 2 is 1.90 bits per heavy atom. The average molecular weight is 437 g/mol. The number of amides is 1. The highest BCUT2D eigenvalue weighted by molar-refractivity contribution is 7.13. The number of carbonyl (C=O) groups is 1. The number of nitrogen functional groups attached to an aromatic ring is 1. The zero-order valence-corrected chi connectivity index (χ0v) is 18.3. The molecule has 2 heterocycles. The molecule has 0 aliphatic carbocycles. The lowest BCUT2D eigenvalue weighted by Gasteiger charge is -2.41. The van der Waals surface area contributed by atoms with E-state index < -0.39 is 0 Å². The summed E-state index contributed by atoms with van der Waals surface area (Å²) in [4.78, 5) is 19.6. The third-order valence-electron chi connectivity index (χ3n) is 5.95. The van der Waals surface area contributed by atoms with Crippen molar-refractivity contribution in [2.45, 2.75) is 24.7 Å². The Bertz CT molecular complexity index is 1010. The van der Waals surface area contributed by atoms with Crippen LogP contribution in [0.15, 0.2) is 60.0 Å². The van der Waals surface area contributed by atoms with E-state index in [4.69, 9.17) is 16.2 Å². The summed E-state index contributed by atoms with van der Waals surface area (Å²) in [5.74, 6) is 0.883. The van der Waals surface area contributed by atoms with Gasteiger partial charge >= 0.3 is 0 Å². The molecule has 0 atom stereocenters. The van der Waals surface area contributed by atoms with Crippen molar-refractivity contribution in [2.24, 2.45) is 5.73 Å². The van der Waals surface area contributed by atoms with E-state index in [1.165, 1.54) is 16.9 Å². The van der Waals surface area contributed by atoms with Gasteiger partial charge in [0.15, 0.2) is 5.13 Å². The molecule has 31 heavy (non-hydrogen) atoms. The van der Waals surface area contributed by atoms with Crippen molar-refractivity contribution in [1.82, 2.24) is 9.88 Å². The zero-order chi connectivity index (χ0) is 21.7. The van der Waals surface area contributed by atoms with Gasteiger partial charge in [-0.25, -0.2) is 4.98 Å². The van der Waals surface area contributed by atoms with E-state index in [1.807, 2.05) is 35.2 Å². The lowest BCUT2D eigenvalue weighted by Crippen LogP contribution is -2.46. The molecule has 1 saturated heterocycles. The van der Waals surface area contributed by atoms with Crippen molar-refractivity contribution < 1.29 is 9.53 Å². The fraction of sp³-hybridized carbons (Fsp3) is 0.333. The van der Waals surface area contributed by atoms with Crippen molar-refractivity contribution >= 4 is 22.4 Å². The molecular formula is C24H28N4O2S. The van der Waals surface area contributed by atoms with Crippen LogP contribution >= 0.6 is 11.3 Å². The topological polar surface area (TPSA) is 94.5 Å². The molecule has 2 aromatic carbocycles. The summed E-state index contributed by atoms with van der Waals surface area (Å²) in [6.07, 6.45) is 2.01. The Morgan fingerprint density at radius 1 is 1.13 bits per heavy atom. The number of thiazole rings is 1. The maximum atomic E-state index is 13.0. The van der Waals surface area contributed by atoms with E-state index in [2.05, 4.69) is 34.6 Å². The predicted molar refractivity (Wildman–Crippen MR) is 124 cm³/mol. The number of ether oxygens (including phenoxy) is 1. The van der Waals surface area contributed by atoms with Gasteiger partial charge in [-0.3, -0.25) is 4.79 Å². The molecule has 1 amide bonds. The number of nitrogens with zero attached hydrogens (tertiary/aromatic N) is 2. The Balaban J connectivity index is 1.47. The molecule has 0 radical (unpaired) electrons. The van der Waals surface area contributed by atoms with E-state index in [0.29, 0.717) is 37.8 Å². The fourth-order valence-corrected chi connectivity index (χ4v) is 4.97. The molecule has 4 N–H and O–H groups in total. The summed E-state index contributed by atoms with van der Waals surface area (Å²) < 4.78 is 5.58. The molecule has 162 valence electrons. The molecule has 0 bridgehead atoms. The fourth-order valence-electron chi connectivity index (χ4n) is 4.30. The van der Waals surface area contributed by atoms with E-state index >= 15 is 0 Å². The highest BCUT2D eigenvalue weighted by Crippen LogP contribution is 2.42. The summed E-state index contributed by atoms with van der Waals surface area (Å²) in [6.45, 7) is 2.31. The molecule has 4 rings (SSSR count). The Morgan fingerprint density at radius 3 is 2.58 bits per heavy atom. The smallest absolute Gasteiger partial charge is 0.226 e. The maximum Gasteiger partial charge on any atom is 0.226 e. The van der Waals surface area contributed by atoms with Crippen LogP contribution in [0.1, 0.15) is 29.7 Å². The highest BCUT2D eigenvalue weighted by atomic mass is 32.1. The summed E-state index contributed by atoms with van der Waals surface area (Å²) in [5, 5.41) is 2.65. The summed E-state index contributed by atoms with van der Waals surface area (Å²) in [5.41, 5.74) is 14.4. The number of likely N-dealkylation sites (tertiary alicyclic amines) is 1. The van der Waals surface area contributed by atoms with Crippen molar-refractivity contribution in [1.29, 1.82) is 0 Å². The predicted octanol–water partition coefficient (Wildman–Crippen LogP) is 3.21. The third-order valence-corrected chi connectivity index (χ3v) is 6.62. The zero-order valence-electron chi connectivity index (χ0n) is 17.5.